The molecule has 0 aliphatic rings. The number of ether oxygens (including phenoxy) is 1. The maximum atomic E-state index is 12.3. The number of H-pyrrole nitrogens is 1. The van der Waals surface area contributed by atoms with E-state index < -0.39 is 0 Å². The largest absolute Gasteiger partial charge is 0.872 e. The first-order valence-corrected chi connectivity index (χ1v) is 11.5. The molecular weight excluding hydrogens is 450 g/mol. The molecule has 8 nitrogen and oxygen atoms in total. The fourth-order valence-corrected chi connectivity index (χ4v) is 3.92. The normalized spacial score (nSPS) is 11.0. The van der Waals surface area contributed by atoms with Crippen LogP contribution in [0.25, 0.3) is 17.1 Å². The third-order valence-electron chi connectivity index (χ3n) is 4.94. The van der Waals surface area contributed by atoms with Crippen LogP contribution in [0.3, 0.4) is 0 Å². The Morgan fingerprint density at radius 2 is 1.82 bits per heavy atom. The van der Waals surface area contributed by atoms with Crippen molar-refractivity contribution in [2.75, 3.05) is 12.9 Å². The number of hydrogen-bond acceptors (Lipinski definition) is 6. The first-order valence-electron chi connectivity index (χ1n) is 10.5. The van der Waals surface area contributed by atoms with Gasteiger partial charge in [0.1, 0.15) is 11.4 Å². The van der Waals surface area contributed by atoms with Crippen LogP contribution in [-0.2, 0) is 4.79 Å². The summed E-state index contributed by atoms with van der Waals surface area (Å²) in [6.45, 7) is 2.04. The van der Waals surface area contributed by atoms with E-state index in [1.54, 1.807) is 19.2 Å². The topological polar surface area (TPSA) is 106 Å². The van der Waals surface area contributed by atoms with Gasteiger partial charge < -0.3 is 9.84 Å². The lowest BCUT2D eigenvalue weighted by Gasteiger charge is -2.06. The summed E-state index contributed by atoms with van der Waals surface area (Å²) >= 11 is 1.29. The number of aromatic nitrogens is 3. The highest BCUT2D eigenvalue weighted by Gasteiger charge is 2.24. The third kappa shape index (κ3) is 5.62. The maximum Gasteiger partial charge on any atom is 0.342 e. The Morgan fingerprint density at radius 1 is 1.12 bits per heavy atom. The zero-order valence-corrected chi connectivity index (χ0v) is 19.5. The summed E-state index contributed by atoms with van der Waals surface area (Å²) in [5.74, 6) is 1.31. The summed E-state index contributed by atoms with van der Waals surface area (Å²) in [5.41, 5.74) is 6.24. The van der Waals surface area contributed by atoms with Gasteiger partial charge in [-0.1, -0.05) is 42.0 Å². The number of nitrogens with one attached hydrogen (secondary N) is 2. The minimum atomic E-state index is -0.275. The van der Waals surface area contributed by atoms with E-state index in [-0.39, 0.29) is 17.4 Å². The van der Waals surface area contributed by atoms with Crippen LogP contribution in [0.2, 0.25) is 0 Å². The number of rotatable bonds is 8. The molecular formula is C25H23N5O3S. The highest BCUT2D eigenvalue weighted by Crippen LogP contribution is 2.22. The Morgan fingerprint density at radius 3 is 2.50 bits per heavy atom. The van der Waals surface area contributed by atoms with Gasteiger partial charge in [-0.2, -0.15) is 9.67 Å². The van der Waals surface area contributed by atoms with E-state index in [1.165, 1.54) is 30.1 Å². The van der Waals surface area contributed by atoms with Gasteiger partial charge in [0.2, 0.25) is 0 Å². The Kier molecular flexibility index (Phi) is 7.24. The molecule has 4 rings (SSSR count). The van der Waals surface area contributed by atoms with Crippen molar-refractivity contribution >= 4 is 23.9 Å². The number of aryl methyl sites for hydroxylation is 1. The van der Waals surface area contributed by atoms with Gasteiger partial charge in [0, 0.05) is 0 Å². The molecule has 1 aromatic heterocycles. The number of benzene rings is 3. The van der Waals surface area contributed by atoms with Crippen molar-refractivity contribution in [3.63, 3.8) is 0 Å². The summed E-state index contributed by atoms with van der Waals surface area (Å²) in [7, 11) is 1.62. The molecule has 172 valence electrons. The van der Waals surface area contributed by atoms with Gasteiger partial charge in [-0.05, 0) is 60.6 Å². The molecule has 0 aliphatic carbocycles. The van der Waals surface area contributed by atoms with Gasteiger partial charge >= 0.3 is 5.16 Å². The van der Waals surface area contributed by atoms with Crippen molar-refractivity contribution in [1.82, 2.24) is 15.6 Å². The first kappa shape index (κ1) is 23.1. The number of nitrogens with zero attached hydrogens (tertiary/aromatic N) is 3. The van der Waals surface area contributed by atoms with Crippen LogP contribution >= 0.6 is 11.8 Å². The molecule has 0 fully saturated rings. The van der Waals surface area contributed by atoms with Crippen molar-refractivity contribution in [1.29, 1.82) is 0 Å². The molecule has 34 heavy (non-hydrogen) atoms. The van der Waals surface area contributed by atoms with E-state index in [4.69, 9.17) is 4.74 Å². The number of aromatic amines is 1. The second kappa shape index (κ2) is 10.7. The van der Waals surface area contributed by atoms with E-state index in [1.807, 2.05) is 60.0 Å². The lowest BCUT2D eigenvalue weighted by Crippen LogP contribution is -2.34. The second-order valence-corrected chi connectivity index (χ2v) is 8.35. The van der Waals surface area contributed by atoms with Crippen LogP contribution in [0.1, 0.15) is 11.1 Å². The van der Waals surface area contributed by atoms with Crippen LogP contribution in [0, 0.1) is 6.92 Å². The molecule has 4 aromatic rings. The molecule has 0 radical (unpaired) electrons. The molecule has 0 atom stereocenters. The minimum absolute atomic E-state index is 0.0771. The van der Waals surface area contributed by atoms with E-state index in [0.717, 1.165) is 34.0 Å². The lowest BCUT2D eigenvalue weighted by atomic mass is 10.1. The zero-order valence-electron chi connectivity index (χ0n) is 18.7. The van der Waals surface area contributed by atoms with Crippen molar-refractivity contribution < 1.29 is 19.2 Å². The number of hydrogen-bond donors (Lipinski definition) is 2. The van der Waals surface area contributed by atoms with Crippen LogP contribution in [0.15, 0.2) is 83.1 Å². The predicted octanol–water partition coefficient (Wildman–Crippen LogP) is 2.99. The average Bonchev–Trinajstić information content (AvgIpc) is 3.28. The predicted molar refractivity (Wildman–Crippen MR) is 129 cm³/mol. The molecule has 1 heterocycles. The summed E-state index contributed by atoms with van der Waals surface area (Å²) in [6, 6.07) is 21.9. The molecule has 3 aromatic carbocycles. The second-order valence-electron chi connectivity index (χ2n) is 7.41. The number of hydrazone groups is 1. The quantitative estimate of drug-likeness (QED) is 0.177. The SMILES string of the molecule is COc1ccc(-[n+]2c(SCC(=O)N/N=C/c3ccc([O-])cc3)n[nH]c2-c2ccc(C)cc2)cc1. The Bertz CT molecular complexity index is 1280. The molecule has 9 heteroatoms. The zero-order chi connectivity index (χ0) is 23.9. The van der Waals surface area contributed by atoms with Crippen LogP contribution in [-0.4, -0.2) is 35.2 Å². The molecule has 2 N–H and O–H groups in total. The smallest absolute Gasteiger partial charge is 0.342 e. The number of thioether (sulfide) groups is 1. The van der Waals surface area contributed by atoms with Crippen molar-refractivity contribution in [2.24, 2.45) is 5.10 Å². The molecule has 0 spiro atoms. The van der Waals surface area contributed by atoms with E-state index in [0.29, 0.717) is 5.16 Å². The van der Waals surface area contributed by atoms with Gasteiger partial charge in [0.05, 0.1) is 29.7 Å². The van der Waals surface area contributed by atoms with E-state index >= 15 is 0 Å². The summed E-state index contributed by atoms with van der Waals surface area (Å²) in [5, 5.41) is 23.3. The molecule has 0 saturated heterocycles. The first-order chi connectivity index (χ1) is 16.5. The van der Waals surface area contributed by atoms with E-state index in [2.05, 4.69) is 20.7 Å². The Labute approximate surface area is 201 Å². The Hall–Kier alpha value is -4.11. The van der Waals surface area contributed by atoms with E-state index in [9.17, 15) is 9.90 Å². The molecule has 0 unspecified atom stereocenters. The van der Waals surface area contributed by atoms with Crippen LogP contribution in [0.5, 0.6) is 11.5 Å². The standard InChI is InChI=1S/C25H23N5O3S/c1-17-3-7-19(8-4-17)24-28-29-25(30(24)20-9-13-22(33-2)14-10-20)34-16-23(32)27-26-15-18-5-11-21(31)12-6-18/h3-15H,16H2,1-2H3,(H2,26,27,31,32). The highest BCUT2D eigenvalue weighted by molar-refractivity contribution is 7.99. The summed E-state index contributed by atoms with van der Waals surface area (Å²) in [4.78, 5) is 12.3. The number of amides is 1. The minimum Gasteiger partial charge on any atom is -0.872 e. The van der Waals surface area contributed by atoms with Crippen molar-refractivity contribution in [3.8, 4) is 28.6 Å². The molecule has 0 saturated carbocycles. The monoisotopic (exact) mass is 473 g/mol. The molecule has 1 amide bonds. The Balaban J connectivity index is 1.52. The van der Waals surface area contributed by atoms with Crippen molar-refractivity contribution in [2.45, 2.75) is 12.1 Å². The van der Waals surface area contributed by atoms with Gasteiger partial charge in [0.15, 0.2) is 0 Å². The fraction of sp³-hybridized carbons (Fsp3) is 0.120. The molecule has 0 aliphatic heterocycles. The highest BCUT2D eigenvalue weighted by atomic mass is 32.2. The number of carbonyl (C=O) groups excluding carboxylic acids is 1. The van der Waals surface area contributed by atoms with Gasteiger partial charge in [-0.3, -0.25) is 4.79 Å². The maximum absolute atomic E-state index is 12.3. The summed E-state index contributed by atoms with van der Waals surface area (Å²) < 4.78 is 7.25. The van der Waals surface area contributed by atoms with Crippen molar-refractivity contribution in [3.05, 3.63) is 83.9 Å². The number of carbonyl (C=O) groups is 1. The third-order valence-corrected chi connectivity index (χ3v) is 5.88. The van der Waals surface area contributed by atoms with Crippen LogP contribution in [0.4, 0.5) is 0 Å². The van der Waals surface area contributed by atoms with Gasteiger partial charge in [-0.25, -0.2) is 5.43 Å². The number of methoxy groups -OCH3 is 1. The van der Waals surface area contributed by atoms with Gasteiger partial charge in [0.25, 0.3) is 11.7 Å². The molecule has 0 bridgehead atoms. The average molecular weight is 474 g/mol. The lowest BCUT2D eigenvalue weighted by molar-refractivity contribution is -0.625. The fourth-order valence-electron chi connectivity index (χ4n) is 3.16. The van der Waals surface area contributed by atoms with Crippen LogP contribution < -0.4 is 19.8 Å². The summed E-state index contributed by atoms with van der Waals surface area (Å²) in [6.07, 6.45) is 1.49. The van der Waals surface area contributed by atoms with Gasteiger partial charge in [-0.15, -0.1) is 10.8 Å².